The highest BCUT2D eigenvalue weighted by Gasteiger charge is 2.55. The Labute approximate surface area is 141 Å². The fourth-order valence-electron chi connectivity index (χ4n) is 6.98. The second-order valence-corrected chi connectivity index (χ2v) is 9.46. The third kappa shape index (κ3) is 2.52. The molecule has 130 valence electrons. The maximum atomic E-state index is 10.5. The van der Waals surface area contributed by atoms with Crippen molar-refractivity contribution >= 4 is 0 Å². The number of rotatable bonds is 0. The first kappa shape index (κ1) is 16.1. The fraction of sp³-hybridized carbons (Fsp3) is 0.905. The molecule has 1 heterocycles. The standard InChI is InChI=1S/C21H34O2/c1-4-15-12-23-13-19-18-6-5-14-11-20(2,22)9-7-16(14)17(18)8-10-21(15,19)3/h4,14,16-19,22H,5-13H2,1-3H3/b15-4-/t14-,16+,17-,18-,19+,20-,21-/m1/s1. The third-order valence-corrected chi connectivity index (χ3v) is 8.26. The van der Waals surface area contributed by atoms with E-state index in [0.717, 1.165) is 55.6 Å². The summed E-state index contributed by atoms with van der Waals surface area (Å²) in [5, 5.41) is 10.5. The Bertz CT molecular complexity index is 494. The Hall–Kier alpha value is -0.340. The largest absolute Gasteiger partial charge is 0.390 e. The molecule has 23 heavy (non-hydrogen) atoms. The van der Waals surface area contributed by atoms with Gasteiger partial charge in [0.05, 0.1) is 18.8 Å². The van der Waals surface area contributed by atoms with Gasteiger partial charge >= 0.3 is 0 Å². The van der Waals surface area contributed by atoms with Crippen LogP contribution >= 0.6 is 0 Å². The molecule has 2 heteroatoms. The summed E-state index contributed by atoms with van der Waals surface area (Å²) in [6, 6.07) is 0. The molecule has 7 atom stereocenters. The SMILES string of the molecule is C/C=C1/COC[C@H]2[C@@H]3CC[C@@H]4C[C@](C)(O)CC[C@@H]4[C@H]3CC[C@]12C. The van der Waals surface area contributed by atoms with Gasteiger partial charge in [-0.3, -0.25) is 0 Å². The van der Waals surface area contributed by atoms with E-state index in [4.69, 9.17) is 4.74 Å². The van der Waals surface area contributed by atoms with E-state index in [1.165, 1.54) is 32.1 Å². The van der Waals surface area contributed by atoms with Crippen LogP contribution in [0.4, 0.5) is 0 Å². The van der Waals surface area contributed by atoms with Crippen LogP contribution in [0.3, 0.4) is 0 Å². The summed E-state index contributed by atoms with van der Waals surface area (Å²) in [4.78, 5) is 0. The number of hydrogen-bond donors (Lipinski definition) is 1. The van der Waals surface area contributed by atoms with Gasteiger partial charge in [0.2, 0.25) is 0 Å². The fourth-order valence-corrected chi connectivity index (χ4v) is 6.98. The highest BCUT2D eigenvalue weighted by molar-refractivity contribution is 5.20. The quantitative estimate of drug-likeness (QED) is 0.663. The van der Waals surface area contributed by atoms with E-state index < -0.39 is 5.60 Å². The zero-order valence-corrected chi connectivity index (χ0v) is 15.2. The Morgan fingerprint density at radius 1 is 1.04 bits per heavy atom. The van der Waals surface area contributed by atoms with E-state index >= 15 is 0 Å². The predicted octanol–water partition coefficient (Wildman–Crippen LogP) is 4.57. The zero-order chi connectivity index (χ0) is 16.2. The molecule has 0 bridgehead atoms. The van der Waals surface area contributed by atoms with Gasteiger partial charge in [0.1, 0.15) is 0 Å². The third-order valence-electron chi connectivity index (χ3n) is 8.26. The number of ether oxygens (including phenoxy) is 1. The van der Waals surface area contributed by atoms with Gasteiger partial charge in [0.25, 0.3) is 0 Å². The van der Waals surface area contributed by atoms with Gasteiger partial charge in [-0.2, -0.15) is 0 Å². The van der Waals surface area contributed by atoms with Crippen LogP contribution in [0.2, 0.25) is 0 Å². The maximum absolute atomic E-state index is 10.5. The summed E-state index contributed by atoms with van der Waals surface area (Å²) in [6.45, 7) is 8.60. The van der Waals surface area contributed by atoms with Gasteiger partial charge in [-0.1, -0.05) is 13.0 Å². The Kier molecular flexibility index (Phi) is 3.93. The molecule has 0 aromatic rings. The van der Waals surface area contributed by atoms with E-state index in [1.807, 2.05) is 0 Å². The Balaban J connectivity index is 1.58. The van der Waals surface area contributed by atoms with E-state index in [9.17, 15) is 5.11 Å². The maximum Gasteiger partial charge on any atom is 0.0682 e. The molecule has 3 aliphatic carbocycles. The number of allylic oxidation sites excluding steroid dienone is 1. The van der Waals surface area contributed by atoms with Crippen molar-refractivity contribution in [3.05, 3.63) is 11.6 Å². The molecule has 4 aliphatic rings. The summed E-state index contributed by atoms with van der Waals surface area (Å²) in [5.41, 5.74) is 1.55. The number of aliphatic hydroxyl groups is 1. The lowest BCUT2D eigenvalue weighted by atomic mass is 9.48. The predicted molar refractivity (Wildman–Crippen MR) is 93.1 cm³/mol. The Morgan fingerprint density at radius 3 is 2.61 bits per heavy atom. The van der Waals surface area contributed by atoms with Crippen LogP contribution in [0.5, 0.6) is 0 Å². The molecule has 3 saturated carbocycles. The lowest BCUT2D eigenvalue weighted by Crippen LogP contribution is -2.54. The monoisotopic (exact) mass is 318 g/mol. The van der Waals surface area contributed by atoms with Crippen LogP contribution in [0.25, 0.3) is 0 Å². The minimum absolute atomic E-state index is 0.390. The van der Waals surface area contributed by atoms with Crippen LogP contribution in [-0.4, -0.2) is 23.9 Å². The number of fused-ring (bicyclic) bond motifs is 5. The van der Waals surface area contributed by atoms with Crippen molar-refractivity contribution in [2.45, 2.75) is 71.3 Å². The molecule has 0 unspecified atom stereocenters. The van der Waals surface area contributed by atoms with Crippen molar-refractivity contribution in [1.29, 1.82) is 0 Å². The van der Waals surface area contributed by atoms with Crippen molar-refractivity contribution < 1.29 is 9.84 Å². The summed E-state index contributed by atoms with van der Waals surface area (Å²) >= 11 is 0. The molecule has 1 aliphatic heterocycles. The van der Waals surface area contributed by atoms with Crippen LogP contribution in [-0.2, 0) is 4.74 Å². The average molecular weight is 319 g/mol. The van der Waals surface area contributed by atoms with Gasteiger partial charge in [-0.15, -0.1) is 0 Å². The molecule has 1 N–H and O–H groups in total. The highest BCUT2D eigenvalue weighted by atomic mass is 16.5. The van der Waals surface area contributed by atoms with Crippen molar-refractivity contribution in [3.8, 4) is 0 Å². The van der Waals surface area contributed by atoms with E-state index in [0.29, 0.717) is 5.41 Å². The van der Waals surface area contributed by atoms with Crippen molar-refractivity contribution in [2.75, 3.05) is 13.2 Å². The van der Waals surface area contributed by atoms with Crippen LogP contribution in [0.1, 0.15) is 65.7 Å². The van der Waals surface area contributed by atoms with Crippen LogP contribution < -0.4 is 0 Å². The molecule has 2 nitrogen and oxygen atoms in total. The lowest BCUT2D eigenvalue weighted by molar-refractivity contribution is -0.122. The first-order valence-corrected chi connectivity index (χ1v) is 9.90. The minimum Gasteiger partial charge on any atom is -0.390 e. The van der Waals surface area contributed by atoms with Gasteiger partial charge in [-0.05, 0) is 99.4 Å². The molecule has 0 amide bonds. The topological polar surface area (TPSA) is 29.5 Å². The summed E-state index contributed by atoms with van der Waals surface area (Å²) in [6.07, 6.45) is 11.1. The highest BCUT2D eigenvalue weighted by Crippen LogP contribution is 2.61. The van der Waals surface area contributed by atoms with Crippen LogP contribution in [0, 0.1) is 35.0 Å². The van der Waals surface area contributed by atoms with E-state index in [-0.39, 0.29) is 0 Å². The van der Waals surface area contributed by atoms with Gasteiger partial charge < -0.3 is 9.84 Å². The molecule has 0 aromatic carbocycles. The van der Waals surface area contributed by atoms with Crippen molar-refractivity contribution in [1.82, 2.24) is 0 Å². The Morgan fingerprint density at radius 2 is 1.83 bits per heavy atom. The summed E-state index contributed by atoms with van der Waals surface area (Å²) < 4.78 is 6.02. The second-order valence-electron chi connectivity index (χ2n) is 9.46. The first-order valence-electron chi connectivity index (χ1n) is 9.90. The van der Waals surface area contributed by atoms with Crippen molar-refractivity contribution in [2.24, 2.45) is 35.0 Å². The van der Waals surface area contributed by atoms with Gasteiger partial charge in [-0.25, -0.2) is 0 Å². The molecular formula is C21H34O2. The normalized spacial score (nSPS) is 55.0. The van der Waals surface area contributed by atoms with Gasteiger partial charge in [0.15, 0.2) is 0 Å². The average Bonchev–Trinajstić information content (AvgIpc) is 2.52. The molecule has 4 fully saturated rings. The summed E-state index contributed by atoms with van der Waals surface area (Å²) in [5.74, 6) is 4.12. The molecule has 4 rings (SSSR count). The number of hydrogen-bond acceptors (Lipinski definition) is 2. The molecule has 1 saturated heterocycles. The van der Waals surface area contributed by atoms with E-state index in [1.54, 1.807) is 5.57 Å². The van der Waals surface area contributed by atoms with Gasteiger partial charge in [0, 0.05) is 0 Å². The molecule has 0 aromatic heterocycles. The van der Waals surface area contributed by atoms with Crippen molar-refractivity contribution in [3.63, 3.8) is 0 Å². The molecule has 0 spiro atoms. The summed E-state index contributed by atoms with van der Waals surface area (Å²) in [7, 11) is 0. The lowest BCUT2D eigenvalue weighted by Gasteiger charge is -2.59. The minimum atomic E-state index is -0.400. The van der Waals surface area contributed by atoms with Crippen LogP contribution in [0.15, 0.2) is 11.6 Å². The second kappa shape index (κ2) is 5.59. The molecular weight excluding hydrogens is 284 g/mol. The zero-order valence-electron chi connectivity index (χ0n) is 15.2. The smallest absolute Gasteiger partial charge is 0.0682 e. The first-order chi connectivity index (χ1) is 10.9. The molecule has 0 radical (unpaired) electrons. The van der Waals surface area contributed by atoms with E-state index in [2.05, 4.69) is 26.8 Å².